The van der Waals surface area contributed by atoms with Crippen molar-refractivity contribution in [2.45, 2.75) is 6.92 Å². The van der Waals surface area contributed by atoms with Crippen LogP contribution in [0.4, 0.5) is 5.69 Å². The van der Waals surface area contributed by atoms with Gasteiger partial charge in [0.2, 0.25) is 0 Å². The number of hydrogen-bond acceptors (Lipinski definition) is 5. The maximum Gasteiger partial charge on any atom is 0.266 e. The fraction of sp³-hybridized carbons (Fsp3) is 0.192. The van der Waals surface area contributed by atoms with E-state index in [0.717, 1.165) is 27.7 Å². The van der Waals surface area contributed by atoms with Crippen LogP contribution in [0.15, 0.2) is 53.9 Å². The van der Waals surface area contributed by atoms with E-state index in [0.29, 0.717) is 42.4 Å². The summed E-state index contributed by atoms with van der Waals surface area (Å²) in [5, 5.41) is 13.3. The average Bonchev–Trinajstić information content (AvgIpc) is 3.49. The average molecular weight is 473 g/mol. The third kappa shape index (κ3) is 4.50. The number of aryl methyl sites for hydroxylation is 1. The lowest BCUT2D eigenvalue weighted by Crippen LogP contribution is -2.40. The van der Waals surface area contributed by atoms with Gasteiger partial charge in [-0.2, -0.15) is 5.10 Å². The maximum atomic E-state index is 13.1. The molecule has 2 aromatic heterocycles. The molecule has 1 fully saturated rings. The molecule has 3 heterocycles. The number of aromatic amines is 1. The Balaban J connectivity index is 1.48. The molecule has 8 heteroatoms. The van der Waals surface area contributed by atoms with Gasteiger partial charge in [0, 0.05) is 29.7 Å². The number of thiophene rings is 1. The zero-order chi connectivity index (χ0) is 23.5. The number of fused-ring (bicyclic) bond motifs is 1. The van der Waals surface area contributed by atoms with Crippen molar-refractivity contribution in [1.29, 1.82) is 0 Å². The molecule has 0 saturated carbocycles. The standard InChI is InChI=1S/C26H24N4O3S/c1-17-10-15-34-24(17)25(31)27-23-16-19(26(32)30-11-13-33-14-12-30)7-6-18(23)8-9-22-20-4-2-3-5-21(20)28-29-22/h2-10,15-16H,11-14H2,1H3,(H,27,31)(H,28,29)/b9-8+. The quantitative estimate of drug-likeness (QED) is 0.436. The van der Waals surface area contributed by atoms with Gasteiger partial charge >= 0.3 is 0 Å². The summed E-state index contributed by atoms with van der Waals surface area (Å²) in [6.45, 7) is 4.09. The number of benzene rings is 2. The number of rotatable bonds is 5. The van der Waals surface area contributed by atoms with Crippen LogP contribution < -0.4 is 5.32 Å². The van der Waals surface area contributed by atoms with Crippen molar-refractivity contribution in [3.63, 3.8) is 0 Å². The first-order chi connectivity index (χ1) is 16.6. The van der Waals surface area contributed by atoms with Gasteiger partial charge in [-0.3, -0.25) is 14.7 Å². The monoisotopic (exact) mass is 472 g/mol. The van der Waals surface area contributed by atoms with Gasteiger partial charge < -0.3 is 15.0 Å². The number of nitrogens with zero attached hydrogens (tertiary/aromatic N) is 2. The number of H-pyrrole nitrogens is 1. The van der Waals surface area contributed by atoms with Gasteiger partial charge in [-0.05, 0) is 53.8 Å². The Hall–Kier alpha value is -3.75. The molecule has 172 valence electrons. The second kappa shape index (κ2) is 9.62. The van der Waals surface area contributed by atoms with E-state index in [-0.39, 0.29) is 11.8 Å². The summed E-state index contributed by atoms with van der Waals surface area (Å²) >= 11 is 1.40. The van der Waals surface area contributed by atoms with E-state index in [4.69, 9.17) is 4.74 Å². The smallest absolute Gasteiger partial charge is 0.266 e. The normalized spacial score (nSPS) is 14.1. The second-order valence-electron chi connectivity index (χ2n) is 8.08. The minimum atomic E-state index is -0.191. The van der Waals surface area contributed by atoms with Gasteiger partial charge in [0.25, 0.3) is 11.8 Å². The Kier molecular flexibility index (Phi) is 6.24. The number of hydrogen-bond donors (Lipinski definition) is 2. The van der Waals surface area contributed by atoms with Crippen molar-refractivity contribution in [3.8, 4) is 0 Å². The fourth-order valence-electron chi connectivity index (χ4n) is 3.96. The van der Waals surface area contributed by atoms with Gasteiger partial charge in [-0.1, -0.05) is 30.3 Å². The number of carbonyl (C=O) groups excluding carboxylic acids is 2. The molecular formula is C26H24N4O3S. The van der Waals surface area contributed by atoms with Crippen LogP contribution in [0.1, 0.15) is 36.9 Å². The number of nitrogens with one attached hydrogen (secondary N) is 2. The van der Waals surface area contributed by atoms with Gasteiger partial charge in [0.05, 0.1) is 29.3 Å². The largest absolute Gasteiger partial charge is 0.378 e. The van der Waals surface area contributed by atoms with Crippen LogP contribution in [0.2, 0.25) is 0 Å². The molecule has 0 radical (unpaired) electrons. The summed E-state index contributed by atoms with van der Waals surface area (Å²) in [5.41, 5.74) is 4.57. The lowest BCUT2D eigenvalue weighted by Gasteiger charge is -2.27. The molecule has 2 aromatic carbocycles. The number of para-hydroxylation sites is 1. The van der Waals surface area contributed by atoms with Gasteiger partial charge in [-0.15, -0.1) is 11.3 Å². The van der Waals surface area contributed by atoms with E-state index in [1.807, 2.05) is 60.9 Å². The Morgan fingerprint density at radius 2 is 1.94 bits per heavy atom. The van der Waals surface area contributed by atoms with Crippen molar-refractivity contribution in [2.24, 2.45) is 0 Å². The third-order valence-corrected chi connectivity index (χ3v) is 6.85. The first-order valence-electron chi connectivity index (χ1n) is 11.1. The molecule has 34 heavy (non-hydrogen) atoms. The van der Waals surface area contributed by atoms with Crippen molar-refractivity contribution < 1.29 is 14.3 Å². The number of ether oxygens (including phenoxy) is 1. The summed E-state index contributed by atoms with van der Waals surface area (Å²) in [7, 11) is 0. The molecule has 1 aliphatic heterocycles. The van der Waals surface area contributed by atoms with Crippen LogP contribution in [0, 0.1) is 6.92 Å². The Morgan fingerprint density at radius 1 is 1.12 bits per heavy atom. The minimum absolute atomic E-state index is 0.0695. The number of aromatic nitrogens is 2. The lowest BCUT2D eigenvalue weighted by atomic mass is 10.1. The van der Waals surface area contributed by atoms with E-state index in [1.54, 1.807) is 17.0 Å². The predicted octanol–water partition coefficient (Wildman–Crippen LogP) is 4.83. The summed E-state index contributed by atoms with van der Waals surface area (Å²) in [4.78, 5) is 28.5. The number of carbonyl (C=O) groups is 2. The zero-order valence-electron chi connectivity index (χ0n) is 18.7. The molecule has 2 amide bonds. The Morgan fingerprint density at radius 3 is 2.74 bits per heavy atom. The van der Waals surface area contributed by atoms with Crippen LogP contribution in [0.25, 0.3) is 23.1 Å². The molecule has 0 unspecified atom stereocenters. The molecule has 1 saturated heterocycles. The molecule has 1 aliphatic rings. The van der Waals surface area contributed by atoms with Gasteiger partial charge in [-0.25, -0.2) is 0 Å². The molecule has 0 spiro atoms. The van der Waals surface area contributed by atoms with Crippen molar-refractivity contribution in [3.05, 3.63) is 81.2 Å². The van der Waals surface area contributed by atoms with Crippen molar-refractivity contribution in [1.82, 2.24) is 15.1 Å². The SMILES string of the molecule is Cc1ccsc1C(=O)Nc1cc(C(=O)N2CCOCC2)ccc1/C=C/c1n[nH]c2ccccc12. The molecular weight excluding hydrogens is 448 g/mol. The van der Waals surface area contributed by atoms with E-state index in [9.17, 15) is 9.59 Å². The summed E-state index contributed by atoms with van der Waals surface area (Å²) in [6, 6.07) is 15.2. The Labute approximate surface area is 201 Å². The van der Waals surface area contributed by atoms with Crippen molar-refractivity contribution in [2.75, 3.05) is 31.6 Å². The van der Waals surface area contributed by atoms with E-state index in [1.165, 1.54) is 11.3 Å². The lowest BCUT2D eigenvalue weighted by molar-refractivity contribution is 0.0303. The number of anilines is 1. The maximum absolute atomic E-state index is 13.1. The molecule has 4 aromatic rings. The first-order valence-corrected chi connectivity index (χ1v) is 12.0. The van der Waals surface area contributed by atoms with E-state index < -0.39 is 0 Å². The molecule has 5 rings (SSSR count). The summed E-state index contributed by atoms with van der Waals surface area (Å²) in [5.74, 6) is -0.261. The summed E-state index contributed by atoms with van der Waals surface area (Å²) < 4.78 is 5.36. The number of amides is 2. The Bertz CT molecular complexity index is 1380. The molecule has 7 nitrogen and oxygen atoms in total. The highest BCUT2D eigenvalue weighted by atomic mass is 32.1. The first kappa shape index (κ1) is 22.1. The fourth-order valence-corrected chi connectivity index (χ4v) is 4.78. The van der Waals surface area contributed by atoms with Crippen LogP contribution in [0.5, 0.6) is 0 Å². The van der Waals surface area contributed by atoms with E-state index >= 15 is 0 Å². The predicted molar refractivity (Wildman–Crippen MR) is 135 cm³/mol. The molecule has 0 bridgehead atoms. The number of morpholine rings is 1. The second-order valence-corrected chi connectivity index (χ2v) is 9.00. The van der Waals surface area contributed by atoms with Crippen LogP contribution in [-0.2, 0) is 4.74 Å². The molecule has 2 N–H and O–H groups in total. The van der Waals surface area contributed by atoms with Gasteiger partial charge in [0.1, 0.15) is 0 Å². The van der Waals surface area contributed by atoms with Gasteiger partial charge in [0.15, 0.2) is 0 Å². The highest BCUT2D eigenvalue weighted by Crippen LogP contribution is 2.25. The highest BCUT2D eigenvalue weighted by molar-refractivity contribution is 7.12. The molecule has 0 atom stereocenters. The zero-order valence-corrected chi connectivity index (χ0v) is 19.5. The molecule has 0 aliphatic carbocycles. The van der Waals surface area contributed by atoms with Crippen LogP contribution >= 0.6 is 11.3 Å². The van der Waals surface area contributed by atoms with E-state index in [2.05, 4.69) is 15.5 Å². The topological polar surface area (TPSA) is 87.3 Å². The van der Waals surface area contributed by atoms with Crippen molar-refractivity contribution >= 4 is 51.9 Å². The highest BCUT2D eigenvalue weighted by Gasteiger charge is 2.20. The van der Waals surface area contributed by atoms with Crippen LogP contribution in [0.3, 0.4) is 0 Å². The minimum Gasteiger partial charge on any atom is -0.378 e. The summed E-state index contributed by atoms with van der Waals surface area (Å²) in [6.07, 6.45) is 3.81. The third-order valence-electron chi connectivity index (χ3n) is 5.84. The van der Waals surface area contributed by atoms with Crippen LogP contribution in [-0.4, -0.2) is 53.2 Å².